The molecule has 9 nitrogen and oxygen atoms in total. The Morgan fingerprint density at radius 1 is 1.16 bits per heavy atom. The molecule has 1 amide bonds. The Labute approximate surface area is 184 Å². The van der Waals surface area contributed by atoms with Crippen molar-refractivity contribution < 1.29 is 19.0 Å². The first-order chi connectivity index (χ1) is 14.9. The molecule has 0 saturated carbocycles. The molecule has 1 heterocycles. The van der Waals surface area contributed by atoms with Gasteiger partial charge in [0.15, 0.2) is 16.1 Å². The van der Waals surface area contributed by atoms with E-state index in [1.54, 1.807) is 43.3 Å². The number of fused-ring (bicyclic) bond motifs is 1. The van der Waals surface area contributed by atoms with Gasteiger partial charge in [-0.2, -0.15) is 0 Å². The molecular weight excluding hydrogens is 418 g/mol. The quantitative estimate of drug-likeness (QED) is 0.326. The van der Waals surface area contributed by atoms with Crippen LogP contribution in [0.25, 0.3) is 11.0 Å². The predicted octanol–water partition coefficient (Wildman–Crippen LogP) is 2.91. The third kappa shape index (κ3) is 5.43. The smallest absolute Gasteiger partial charge is 0.333 e. The number of hydrogen-bond acceptors (Lipinski definition) is 8. The summed E-state index contributed by atoms with van der Waals surface area (Å²) in [5, 5.41) is 13.6. The molecule has 0 bridgehead atoms. The summed E-state index contributed by atoms with van der Waals surface area (Å²) >= 11 is 5.25. The molecule has 2 aromatic carbocycles. The number of ether oxygens (including phenoxy) is 1. The number of aromatic nitrogens is 2. The fourth-order valence-corrected chi connectivity index (χ4v) is 2.90. The Hall–Kier alpha value is -3.79. The highest BCUT2D eigenvalue weighted by Crippen LogP contribution is 2.29. The minimum atomic E-state index is -0.438. The molecule has 0 radical (unpaired) electrons. The van der Waals surface area contributed by atoms with E-state index in [0.29, 0.717) is 34.4 Å². The van der Waals surface area contributed by atoms with Gasteiger partial charge in [-0.15, -0.1) is 0 Å². The van der Waals surface area contributed by atoms with Crippen molar-refractivity contribution in [1.82, 2.24) is 15.6 Å². The van der Waals surface area contributed by atoms with E-state index < -0.39 is 5.97 Å². The van der Waals surface area contributed by atoms with Crippen molar-refractivity contribution in [2.24, 2.45) is 0 Å². The number of esters is 1. The lowest BCUT2D eigenvalue weighted by molar-refractivity contribution is -0.138. The van der Waals surface area contributed by atoms with Crippen LogP contribution in [0.3, 0.4) is 0 Å². The van der Waals surface area contributed by atoms with Crippen molar-refractivity contribution in [3.8, 4) is 0 Å². The fourth-order valence-electron chi connectivity index (χ4n) is 2.70. The van der Waals surface area contributed by atoms with Crippen LogP contribution in [0.5, 0.6) is 0 Å². The Bertz CT molecular complexity index is 1130. The summed E-state index contributed by atoms with van der Waals surface area (Å²) in [5.41, 5.74) is 3.03. The maximum atomic E-state index is 12.3. The van der Waals surface area contributed by atoms with Crippen molar-refractivity contribution in [1.29, 1.82) is 0 Å². The standard InChI is InChI=1S/C21H21N5O4S/c1-13(2)20(28)29-12-11-26(3)16-10-9-15(17-18(16)25-30-24-17)22-21(31)23-19(27)14-7-5-4-6-8-14/h4-10H,1,11-12H2,2-3H3,(H2,22,23,27,31). The van der Waals surface area contributed by atoms with E-state index in [1.807, 2.05) is 18.0 Å². The molecule has 0 aliphatic carbocycles. The molecule has 0 fully saturated rings. The summed E-state index contributed by atoms with van der Waals surface area (Å²) in [7, 11) is 1.83. The number of benzene rings is 2. The Kier molecular flexibility index (Phi) is 6.93. The molecule has 2 N–H and O–H groups in total. The molecule has 3 aromatic rings. The minimum Gasteiger partial charge on any atom is -0.460 e. The number of carbonyl (C=O) groups excluding carboxylic acids is 2. The number of nitrogens with zero attached hydrogens (tertiary/aromatic N) is 3. The number of likely N-dealkylation sites (N-methyl/N-ethyl adjacent to an activating group) is 1. The van der Waals surface area contributed by atoms with Gasteiger partial charge in [0.1, 0.15) is 6.61 Å². The molecular formula is C21H21N5O4S. The number of thiocarbonyl (C=S) groups is 1. The van der Waals surface area contributed by atoms with Crippen LogP contribution in [0.4, 0.5) is 11.4 Å². The van der Waals surface area contributed by atoms with Crippen molar-refractivity contribution in [3.05, 3.63) is 60.2 Å². The molecule has 0 atom stereocenters. The van der Waals surface area contributed by atoms with Crippen LogP contribution in [0.15, 0.2) is 59.2 Å². The van der Waals surface area contributed by atoms with Gasteiger partial charge in [-0.1, -0.05) is 24.8 Å². The molecule has 160 valence electrons. The lowest BCUT2D eigenvalue weighted by Gasteiger charge is -2.20. The molecule has 0 unspecified atom stereocenters. The summed E-state index contributed by atoms with van der Waals surface area (Å²) in [6.07, 6.45) is 0. The van der Waals surface area contributed by atoms with Crippen molar-refractivity contribution in [2.45, 2.75) is 6.92 Å². The molecule has 0 saturated heterocycles. The highest BCUT2D eigenvalue weighted by molar-refractivity contribution is 7.80. The van der Waals surface area contributed by atoms with Gasteiger partial charge >= 0.3 is 5.97 Å². The van der Waals surface area contributed by atoms with E-state index in [0.717, 1.165) is 5.69 Å². The lowest BCUT2D eigenvalue weighted by Crippen LogP contribution is -2.34. The normalized spacial score (nSPS) is 10.4. The summed E-state index contributed by atoms with van der Waals surface area (Å²) < 4.78 is 10.0. The summed E-state index contributed by atoms with van der Waals surface area (Å²) in [6.45, 7) is 5.76. The highest BCUT2D eigenvalue weighted by atomic mass is 32.1. The molecule has 0 aliphatic heterocycles. The molecule has 31 heavy (non-hydrogen) atoms. The van der Waals surface area contributed by atoms with E-state index >= 15 is 0 Å². The van der Waals surface area contributed by atoms with Gasteiger partial charge < -0.3 is 15.0 Å². The summed E-state index contributed by atoms with van der Waals surface area (Å²) in [5.74, 6) is -0.763. The van der Waals surface area contributed by atoms with Crippen LogP contribution < -0.4 is 15.5 Å². The zero-order valence-corrected chi connectivity index (χ0v) is 17.9. The van der Waals surface area contributed by atoms with E-state index in [4.69, 9.17) is 21.6 Å². The number of amides is 1. The molecule has 0 spiro atoms. The molecule has 0 aliphatic rings. The second-order valence-corrected chi connectivity index (χ2v) is 7.11. The minimum absolute atomic E-state index is 0.117. The SMILES string of the molecule is C=C(C)C(=O)OCCN(C)c1ccc(NC(=S)NC(=O)c2ccccc2)c2nonc12. The van der Waals surface area contributed by atoms with Crippen LogP contribution in [-0.2, 0) is 9.53 Å². The Balaban J connectivity index is 1.67. The largest absolute Gasteiger partial charge is 0.460 e. The topological polar surface area (TPSA) is 110 Å². The van der Waals surface area contributed by atoms with Gasteiger partial charge in [0.25, 0.3) is 5.91 Å². The number of rotatable bonds is 7. The first kappa shape index (κ1) is 21.9. The Morgan fingerprint density at radius 3 is 2.58 bits per heavy atom. The van der Waals surface area contributed by atoms with Crippen LogP contribution in [0.1, 0.15) is 17.3 Å². The maximum Gasteiger partial charge on any atom is 0.333 e. The van der Waals surface area contributed by atoms with E-state index in [9.17, 15) is 9.59 Å². The van der Waals surface area contributed by atoms with E-state index in [2.05, 4.69) is 27.5 Å². The Morgan fingerprint density at radius 2 is 1.87 bits per heavy atom. The van der Waals surface area contributed by atoms with Crippen molar-refractivity contribution in [2.75, 3.05) is 30.4 Å². The fraction of sp³-hybridized carbons (Fsp3) is 0.190. The number of carbonyl (C=O) groups is 2. The second kappa shape index (κ2) is 9.81. The van der Waals surface area contributed by atoms with Gasteiger partial charge in [-0.25, -0.2) is 9.42 Å². The average Bonchev–Trinajstić information content (AvgIpc) is 3.24. The number of anilines is 2. The van der Waals surface area contributed by atoms with Gasteiger partial charge in [0, 0.05) is 18.2 Å². The monoisotopic (exact) mass is 439 g/mol. The average molecular weight is 439 g/mol. The van der Waals surface area contributed by atoms with Crippen LogP contribution >= 0.6 is 12.2 Å². The van der Waals surface area contributed by atoms with Crippen LogP contribution in [-0.4, -0.2) is 47.5 Å². The molecule has 10 heteroatoms. The molecule has 1 aromatic heterocycles. The van der Waals surface area contributed by atoms with Gasteiger partial charge in [-0.3, -0.25) is 10.1 Å². The maximum absolute atomic E-state index is 12.3. The first-order valence-corrected chi connectivity index (χ1v) is 9.74. The predicted molar refractivity (Wildman–Crippen MR) is 121 cm³/mol. The summed E-state index contributed by atoms with van der Waals surface area (Å²) in [6, 6.07) is 12.3. The van der Waals surface area contributed by atoms with Crippen LogP contribution in [0.2, 0.25) is 0 Å². The third-order valence-electron chi connectivity index (χ3n) is 4.32. The van der Waals surface area contributed by atoms with Gasteiger partial charge in [-0.05, 0) is 53.7 Å². The van der Waals surface area contributed by atoms with E-state index in [-0.39, 0.29) is 17.6 Å². The van der Waals surface area contributed by atoms with Crippen molar-refractivity contribution >= 4 is 51.6 Å². The summed E-state index contributed by atoms with van der Waals surface area (Å²) in [4.78, 5) is 25.6. The lowest BCUT2D eigenvalue weighted by atomic mass is 10.2. The first-order valence-electron chi connectivity index (χ1n) is 9.33. The zero-order chi connectivity index (χ0) is 22.4. The molecule has 3 rings (SSSR count). The second-order valence-electron chi connectivity index (χ2n) is 6.71. The van der Waals surface area contributed by atoms with Gasteiger partial charge in [0.05, 0.1) is 17.9 Å². The number of hydrogen-bond donors (Lipinski definition) is 2. The van der Waals surface area contributed by atoms with E-state index in [1.165, 1.54) is 0 Å². The zero-order valence-electron chi connectivity index (χ0n) is 17.0. The van der Waals surface area contributed by atoms with Crippen LogP contribution in [0, 0.1) is 0 Å². The number of nitrogens with one attached hydrogen (secondary N) is 2. The van der Waals surface area contributed by atoms with Crippen molar-refractivity contribution in [3.63, 3.8) is 0 Å². The highest BCUT2D eigenvalue weighted by Gasteiger charge is 2.17. The third-order valence-corrected chi connectivity index (χ3v) is 4.53. The van der Waals surface area contributed by atoms with Gasteiger partial charge in [0.2, 0.25) is 0 Å².